The van der Waals surface area contributed by atoms with E-state index in [2.05, 4.69) is 6.58 Å². The summed E-state index contributed by atoms with van der Waals surface area (Å²) in [6.07, 6.45) is -0.740. The molecule has 2 heteroatoms. The molecule has 11 heavy (non-hydrogen) atoms. The van der Waals surface area contributed by atoms with Crippen molar-refractivity contribution in [3.05, 3.63) is 48.2 Å². The SMILES string of the molecule is C=C(N)C(O)c1ccccc1. The number of benzene rings is 1. The first-order valence-corrected chi connectivity index (χ1v) is 3.39. The zero-order chi connectivity index (χ0) is 8.27. The molecule has 0 saturated heterocycles. The smallest absolute Gasteiger partial charge is 0.118 e. The van der Waals surface area contributed by atoms with Crippen LogP contribution in [0.15, 0.2) is 42.6 Å². The van der Waals surface area contributed by atoms with Gasteiger partial charge in [-0.25, -0.2) is 0 Å². The Labute approximate surface area is 66.0 Å². The highest BCUT2D eigenvalue weighted by atomic mass is 16.3. The summed E-state index contributed by atoms with van der Waals surface area (Å²) in [6, 6.07) is 9.20. The highest BCUT2D eigenvalue weighted by molar-refractivity contribution is 5.22. The van der Waals surface area contributed by atoms with Gasteiger partial charge in [-0.1, -0.05) is 36.9 Å². The number of aliphatic hydroxyl groups is 1. The van der Waals surface area contributed by atoms with E-state index < -0.39 is 6.10 Å². The second kappa shape index (κ2) is 3.21. The summed E-state index contributed by atoms with van der Waals surface area (Å²) < 4.78 is 0. The minimum Gasteiger partial charge on any atom is -0.400 e. The van der Waals surface area contributed by atoms with Gasteiger partial charge in [0.15, 0.2) is 0 Å². The van der Waals surface area contributed by atoms with Gasteiger partial charge in [-0.2, -0.15) is 0 Å². The zero-order valence-electron chi connectivity index (χ0n) is 6.20. The molecule has 0 aliphatic rings. The Morgan fingerprint density at radius 1 is 1.36 bits per heavy atom. The molecule has 1 atom stereocenters. The molecule has 0 heterocycles. The van der Waals surface area contributed by atoms with Crippen LogP contribution in [0.1, 0.15) is 11.7 Å². The summed E-state index contributed by atoms with van der Waals surface area (Å²) >= 11 is 0. The predicted molar refractivity (Wildman–Crippen MR) is 44.7 cm³/mol. The topological polar surface area (TPSA) is 46.2 Å². The molecule has 0 fully saturated rings. The van der Waals surface area contributed by atoms with Crippen molar-refractivity contribution in [2.45, 2.75) is 6.10 Å². The fraction of sp³-hybridized carbons (Fsp3) is 0.111. The first kappa shape index (κ1) is 7.82. The molecule has 0 spiro atoms. The minimum absolute atomic E-state index is 0.274. The van der Waals surface area contributed by atoms with Crippen LogP contribution < -0.4 is 5.73 Å². The lowest BCUT2D eigenvalue weighted by Gasteiger charge is -2.08. The molecule has 2 nitrogen and oxygen atoms in total. The molecule has 1 rings (SSSR count). The summed E-state index contributed by atoms with van der Waals surface area (Å²) in [5.41, 5.74) is 6.38. The molecule has 0 radical (unpaired) electrons. The fourth-order valence-electron chi connectivity index (χ4n) is 0.849. The lowest BCUT2D eigenvalue weighted by atomic mass is 10.1. The van der Waals surface area contributed by atoms with E-state index in [0.717, 1.165) is 5.56 Å². The Bertz CT molecular complexity index is 243. The largest absolute Gasteiger partial charge is 0.400 e. The fourth-order valence-corrected chi connectivity index (χ4v) is 0.849. The van der Waals surface area contributed by atoms with Crippen molar-refractivity contribution < 1.29 is 5.11 Å². The normalized spacial score (nSPS) is 12.5. The average Bonchev–Trinajstić information content (AvgIpc) is 2.05. The lowest BCUT2D eigenvalue weighted by molar-refractivity contribution is 0.214. The maximum absolute atomic E-state index is 9.37. The quantitative estimate of drug-likeness (QED) is 0.663. The number of rotatable bonds is 2. The van der Waals surface area contributed by atoms with Crippen LogP contribution >= 0.6 is 0 Å². The van der Waals surface area contributed by atoms with Gasteiger partial charge in [-0.3, -0.25) is 0 Å². The molecule has 0 aliphatic carbocycles. The van der Waals surface area contributed by atoms with Gasteiger partial charge in [0.1, 0.15) is 6.10 Å². The van der Waals surface area contributed by atoms with E-state index in [-0.39, 0.29) is 5.70 Å². The van der Waals surface area contributed by atoms with E-state index in [1.807, 2.05) is 30.3 Å². The van der Waals surface area contributed by atoms with E-state index in [4.69, 9.17) is 5.73 Å². The molecule has 0 saturated carbocycles. The molecule has 3 N–H and O–H groups in total. The molecular weight excluding hydrogens is 138 g/mol. The van der Waals surface area contributed by atoms with Gasteiger partial charge in [0.25, 0.3) is 0 Å². The predicted octanol–water partition coefficient (Wildman–Crippen LogP) is 1.19. The van der Waals surface area contributed by atoms with E-state index in [1.165, 1.54) is 0 Å². The third kappa shape index (κ3) is 1.82. The van der Waals surface area contributed by atoms with Gasteiger partial charge < -0.3 is 10.8 Å². The van der Waals surface area contributed by atoms with Gasteiger partial charge in [-0.15, -0.1) is 0 Å². The van der Waals surface area contributed by atoms with E-state index in [0.29, 0.717) is 0 Å². The summed E-state index contributed by atoms with van der Waals surface area (Å²) in [5, 5.41) is 9.37. The second-order valence-electron chi connectivity index (χ2n) is 2.39. The highest BCUT2D eigenvalue weighted by Gasteiger charge is 2.06. The van der Waals surface area contributed by atoms with Crippen LogP contribution in [0.3, 0.4) is 0 Å². The third-order valence-corrected chi connectivity index (χ3v) is 1.47. The molecule has 1 unspecified atom stereocenters. The van der Waals surface area contributed by atoms with Crippen molar-refractivity contribution in [2.75, 3.05) is 0 Å². The number of aliphatic hydroxyl groups excluding tert-OH is 1. The van der Waals surface area contributed by atoms with Gasteiger partial charge in [0.2, 0.25) is 0 Å². The Kier molecular flexibility index (Phi) is 2.28. The number of nitrogens with two attached hydrogens (primary N) is 1. The Balaban J connectivity index is 2.85. The van der Waals surface area contributed by atoms with Crippen LogP contribution in [-0.4, -0.2) is 5.11 Å². The zero-order valence-corrected chi connectivity index (χ0v) is 6.20. The van der Waals surface area contributed by atoms with Crippen molar-refractivity contribution in [1.82, 2.24) is 0 Å². The van der Waals surface area contributed by atoms with Crippen molar-refractivity contribution in [2.24, 2.45) is 5.73 Å². The van der Waals surface area contributed by atoms with E-state index in [9.17, 15) is 5.11 Å². The van der Waals surface area contributed by atoms with Crippen LogP contribution in [0, 0.1) is 0 Å². The Morgan fingerprint density at radius 3 is 2.36 bits per heavy atom. The maximum Gasteiger partial charge on any atom is 0.118 e. The molecule has 0 amide bonds. The number of hydrogen-bond donors (Lipinski definition) is 2. The molecule has 58 valence electrons. The maximum atomic E-state index is 9.37. The molecule has 1 aromatic carbocycles. The van der Waals surface area contributed by atoms with Gasteiger partial charge in [-0.05, 0) is 5.56 Å². The molecule has 0 aliphatic heterocycles. The molecule has 0 bridgehead atoms. The van der Waals surface area contributed by atoms with Crippen LogP contribution in [-0.2, 0) is 0 Å². The Hall–Kier alpha value is -1.28. The van der Waals surface area contributed by atoms with Gasteiger partial charge >= 0.3 is 0 Å². The summed E-state index contributed by atoms with van der Waals surface area (Å²) in [5.74, 6) is 0. The summed E-state index contributed by atoms with van der Waals surface area (Å²) in [7, 11) is 0. The molecule has 1 aromatic rings. The lowest BCUT2D eigenvalue weighted by Crippen LogP contribution is -2.07. The van der Waals surface area contributed by atoms with Crippen molar-refractivity contribution in [3.8, 4) is 0 Å². The van der Waals surface area contributed by atoms with Crippen molar-refractivity contribution in [1.29, 1.82) is 0 Å². The second-order valence-corrected chi connectivity index (χ2v) is 2.39. The monoisotopic (exact) mass is 149 g/mol. The van der Waals surface area contributed by atoms with Crippen LogP contribution in [0.5, 0.6) is 0 Å². The number of hydrogen-bond acceptors (Lipinski definition) is 2. The van der Waals surface area contributed by atoms with Crippen LogP contribution in [0.4, 0.5) is 0 Å². The first-order valence-electron chi connectivity index (χ1n) is 3.39. The van der Waals surface area contributed by atoms with E-state index in [1.54, 1.807) is 0 Å². The highest BCUT2D eigenvalue weighted by Crippen LogP contribution is 2.15. The summed E-state index contributed by atoms with van der Waals surface area (Å²) in [4.78, 5) is 0. The van der Waals surface area contributed by atoms with Gasteiger partial charge in [0, 0.05) is 5.70 Å². The Morgan fingerprint density at radius 2 is 1.91 bits per heavy atom. The van der Waals surface area contributed by atoms with E-state index >= 15 is 0 Å². The van der Waals surface area contributed by atoms with Crippen molar-refractivity contribution >= 4 is 0 Å². The van der Waals surface area contributed by atoms with Gasteiger partial charge in [0.05, 0.1) is 0 Å². The summed E-state index contributed by atoms with van der Waals surface area (Å²) in [6.45, 7) is 3.46. The molecular formula is C9H11NO. The molecule has 0 aromatic heterocycles. The third-order valence-electron chi connectivity index (χ3n) is 1.47. The first-order chi connectivity index (χ1) is 5.22. The minimum atomic E-state index is -0.740. The van der Waals surface area contributed by atoms with Crippen LogP contribution in [0.25, 0.3) is 0 Å². The van der Waals surface area contributed by atoms with Crippen LogP contribution in [0.2, 0.25) is 0 Å². The average molecular weight is 149 g/mol. The van der Waals surface area contributed by atoms with Crippen molar-refractivity contribution in [3.63, 3.8) is 0 Å². The standard InChI is InChI=1S/C9H11NO/c1-7(10)9(11)8-5-3-2-4-6-8/h2-6,9,11H,1,10H2.